The third kappa shape index (κ3) is 2.13. The lowest BCUT2D eigenvalue weighted by molar-refractivity contribution is -0.121. The lowest BCUT2D eigenvalue weighted by atomic mass is 9.78. The van der Waals surface area contributed by atoms with Crippen LogP contribution in [0.2, 0.25) is 0 Å². The molecule has 0 aromatic rings. The zero-order chi connectivity index (χ0) is 10.8. The number of aliphatic imine (C=N–C) groups is 1. The number of carbonyl (C=O) groups excluding carboxylic acids is 1. The summed E-state index contributed by atoms with van der Waals surface area (Å²) in [5.41, 5.74) is 0. The summed E-state index contributed by atoms with van der Waals surface area (Å²) in [6.07, 6.45) is 4.87. The van der Waals surface area contributed by atoms with Crippen molar-refractivity contribution >= 4 is 11.9 Å². The number of hydrogen-bond donors (Lipinski definition) is 2. The molecule has 2 rings (SSSR count). The molecule has 2 aliphatic rings. The zero-order valence-corrected chi connectivity index (χ0v) is 9.42. The quantitative estimate of drug-likeness (QED) is 0.673. The van der Waals surface area contributed by atoms with Crippen molar-refractivity contribution in [2.45, 2.75) is 38.6 Å². The van der Waals surface area contributed by atoms with E-state index in [1.807, 2.05) is 0 Å². The molecule has 4 heteroatoms. The third-order valence-corrected chi connectivity index (χ3v) is 3.49. The van der Waals surface area contributed by atoms with Crippen molar-refractivity contribution in [2.75, 3.05) is 7.05 Å². The highest BCUT2D eigenvalue weighted by Crippen LogP contribution is 2.31. The maximum absolute atomic E-state index is 11.7. The molecule has 1 aliphatic carbocycles. The van der Waals surface area contributed by atoms with Crippen LogP contribution in [-0.2, 0) is 4.79 Å². The summed E-state index contributed by atoms with van der Waals surface area (Å²) in [6.45, 7) is 2.27. The summed E-state index contributed by atoms with van der Waals surface area (Å²) in [5, 5.41) is 5.94. The first-order valence-corrected chi connectivity index (χ1v) is 5.75. The molecule has 0 aromatic heterocycles. The van der Waals surface area contributed by atoms with Crippen LogP contribution >= 0.6 is 0 Å². The Labute approximate surface area is 90.5 Å². The largest absolute Gasteiger partial charge is 0.344 e. The van der Waals surface area contributed by atoms with Crippen LogP contribution in [0.4, 0.5) is 0 Å². The first-order valence-electron chi connectivity index (χ1n) is 5.75. The van der Waals surface area contributed by atoms with Crippen molar-refractivity contribution in [1.29, 1.82) is 0 Å². The SMILES string of the molecule is CN=C1NC(=O)C(C2CCCC(C)C2)N1. The number of carbonyl (C=O) groups is 1. The van der Waals surface area contributed by atoms with Crippen LogP contribution in [0.25, 0.3) is 0 Å². The van der Waals surface area contributed by atoms with E-state index >= 15 is 0 Å². The summed E-state index contributed by atoms with van der Waals surface area (Å²) in [5.74, 6) is 1.95. The zero-order valence-electron chi connectivity index (χ0n) is 9.42. The standard InChI is InChI=1S/C11H19N3O/c1-7-4-3-5-8(6-7)9-10(15)14-11(12-2)13-9/h7-9H,3-6H2,1-2H3,(H2,12,13,14,15). The van der Waals surface area contributed by atoms with Gasteiger partial charge in [0.2, 0.25) is 5.91 Å². The Morgan fingerprint density at radius 2 is 2.20 bits per heavy atom. The fourth-order valence-electron chi connectivity index (χ4n) is 2.68. The van der Waals surface area contributed by atoms with Gasteiger partial charge in [-0.2, -0.15) is 0 Å². The van der Waals surface area contributed by atoms with E-state index in [1.165, 1.54) is 12.8 Å². The van der Waals surface area contributed by atoms with E-state index in [-0.39, 0.29) is 11.9 Å². The number of nitrogens with one attached hydrogen (secondary N) is 2. The van der Waals surface area contributed by atoms with Crippen molar-refractivity contribution in [3.05, 3.63) is 0 Å². The Bertz CT molecular complexity index is 288. The van der Waals surface area contributed by atoms with E-state index in [0.717, 1.165) is 18.8 Å². The van der Waals surface area contributed by atoms with E-state index < -0.39 is 0 Å². The van der Waals surface area contributed by atoms with Gasteiger partial charge in [0.05, 0.1) is 0 Å². The van der Waals surface area contributed by atoms with E-state index in [2.05, 4.69) is 22.5 Å². The van der Waals surface area contributed by atoms with Gasteiger partial charge in [0.15, 0.2) is 5.96 Å². The molecule has 2 fully saturated rings. The van der Waals surface area contributed by atoms with E-state index in [0.29, 0.717) is 11.9 Å². The Kier molecular flexibility index (Phi) is 2.93. The van der Waals surface area contributed by atoms with Gasteiger partial charge in [-0.3, -0.25) is 15.1 Å². The maximum Gasteiger partial charge on any atom is 0.249 e. The molecular formula is C11H19N3O. The van der Waals surface area contributed by atoms with Crippen LogP contribution < -0.4 is 10.6 Å². The van der Waals surface area contributed by atoms with Crippen LogP contribution in [0.1, 0.15) is 32.6 Å². The number of hydrogen-bond acceptors (Lipinski definition) is 2. The molecule has 1 heterocycles. The molecule has 1 saturated heterocycles. The van der Waals surface area contributed by atoms with Crippen LogP contribution in [0.3, 0.4) is 0 Å². The monoisotopic (exact) mass is 209 g/mol. The third-order valence-electron chi connectivity index (χ3n) is 3.49. The minimum absolute atomic E-state index is 0.0496. The van der Waals surface area contributed by atoms with Crippen LogP contribution in [-0.4, -0.2) is 25.0 Å². The molecule has 1 aliphatic heterocycles. The second-order valence-corrected chi connectivity index (χ2v) is 4.72. The van der Waals surface area contributed by atoms with Gasteiger partial charge >= 0.3 is 0 Å². The highest BCUT2D eigenvalue weighted by atomic mass is 16.2. The number of nitrogens with zero attached hydrogens (tertiary/aromatic N) is 1. The molecule has 0 aromatic carbocycles. The molecule has 1 saturated carbocycles. The predicted molar refractivity (Wildman–Crippen MR) is 59.5 cm³/mol. The summed E-state index contributed by atoms with van der Waals surface area (Å²) >= 11 is 0. The molecule has 4 nitrogen and oxygen atoms in total. The first-order chi connectivity index (χ1) is 7.20. The van der Waals surface area contributed by atoms with Gasteiger partial charge in [0.1, 0.15) is 6.04 Å². The Morgan fingerprint density at radius 3 is 2.80 bits per heavy atom. The lowest BCUT2D eigenvalue weighted by Gasteiger charge is -2.29. The normalized spacial score (nSPS) is 38.9. The van der Waals surface area contributed by atoms with Gasteiger partial charge in [0.25, 0.3) is 0 Å². The Morgan fingerprint density at radius 1 is 1.40 bits per heavy atom. The summed E-state index contributed by atoms with van der Waals surface area (Å²) in [6, 6.07) is -0.0496. The molecule has 0 radical (unpaired) electrons. The van der Waals surface area contributed by atoms with Crippen molar-refractivity contribution in [1.82, 2.24) is 10.6 Å². The highest BCUT2D eigenvalue weighted by molar-refractivity contribution is 6.06. The Balaban J connectivity index is 2.01. The second kappa shape index (κ2) is 4.21. The van der Waals surface area contributed by atoms with E-state index in [1.54, 1.807) is 7.05 Å². The first kappa shape index (κ1) is 10.5. The molecule has 84 valence electrons. The summed E-state index contributed by atoms with van der Waals surface area (Å²) < 4.78 is 0. The smallest absolute Gasteiger partial charge is 0.249 e. The minimum Gasteiger partial charge on any atom is -0.344 e. The fourth-order valence-corrected chi connectivity index (χ4v) is 2.68. The topological polar surface area (TPSA) is 53.5 Å². The molecule has 0 spiro atoms. The predicted octanol–water partition coefficient (Wildman–Crippen LogP) is 0.886. The van der Waals surface area contributed by atoms with Gasteiger partial charge in [-0.25, -0.2) is 0 Å². The highest BCUT2D eigenvalue weighted by Gasteiger charge is 2.36. The average Bonchev–Trinajstić information content (AvgIpc) is 2.60. The van der Waals surface area contributed by atoms with Crippen LogP contribution in [0, 0.1) is 11.8 Å². The van der Waals surface area contributed by atoms with Gasteiger partial charge in [-0.15, -0.1) is 0 Å². The van der Waals surface area contributed by atoms with E-state index in [4.69, 9.17) is 0 Å². The number of amides is 1. The van der Waals surface area contributed by atoms with Crippen LogP contribution in [0.15, 0.2) is 4.99 Å². The lowest BCUT2D eigenvalue weighted by Crippen LogP contribution is -2.39. The number of rotatable bonds is 1. The van der Waals surface area contributed by atoms with Gasteiger partial charge < -0.3 is 5.32 Å². The summed E-state index contributed by atoms with van der Waals surface area (Å²) in [7, 11) is 1.69. The molecule has 0 bridgehead atoms. The molecule has 1 amide bonds. The van der Waals surface area contributed by atoms with E-state index in [9.17, 15) is 4.79 Å². The Hall–Kier alpha value is -1.06. The van der Waals surface area contributed by atoms with Crippen molar-refractivity contribution < 1.29 is 4.79 Å². The van der Waals surface area contributed by atoms with Crippen LogP contribution in [0.5, 0.6) is 0 Å². The number of guanidine groups is 1. The molecular weight excluding hydrogens is 190 g/mol. The average molecular weight is 209 g/mol. The second-order valence-electron chi connectivity index (χ2n) is 4.72. The molecule has 15 heavy (non-hydrogen) atoms. The molecule has 3 atom stereocenters. The molecule has 3 unspecified atom stereocenters. The van der Waals surface area contributed by atoms with Gasteiger partial charge in [0, 0.05) is 7.05 Å². The van der Waals surface area contributed by atoms with Gasteiger partial charge in [-0.05, 0) is 24.7 Å². The molecule has 2 N–H and O–H groups in total. The minimum atomic E-state index is -0.0496. The van der Waals surface area contributed by atoms with Crippen molar-refractivity contribution in [2.24, 2.45) is 16.8 Å². The summed E-state index contributed by atoms with van der Waals surface area (Å²) in [4.78, 5) is 15.7. The maximum atomic E-state index is 11.7. The van der Waals surface area contributed by atoms with Crippen molar-refractivity contribution in [3.8, 4) is 0 Å². The van der Waals surface area contributed by atoms with Crippen molar-refractivity contribution in [3.63, 3.8) is 0 Å². The van der Waals surface area contributed by atoms with Gasteiger partial charge in [-0.1, -0.05) is 19.8 Å². The fraction of sp³-hybridized carbons (Fsp3) is 0.818.